The van der Waals surface area contributed by atoms with E-state index in [1.54, 1.807) is 0 Å². The van der Waals surface area contributed by atoms with Gasteiger partial charge in [-0.15, -0.1) is 0 Å². The minimum atomic E-state index is 0.382. The lowest BCUT2D eigenvalue weighted by Gasteiger charge is -2.02. The summed E-state index contributed by atoms with van der Waals surface area (Å²) in [6.07, 6.45) is 1.38. The molecule has 1 aliphatic heterocycles. The Kier molecular flexibility index (Phi) is 3.17. The lowest BCUT2D eigenvalue weighted by molar-refractivity contribution is 0.119. The fourth-order valence-corrected chi connectivity index (χ4v) is 1.32. The van der Waals surface area contributed by atoms with Crippen LogP contribution in [0.3, 0.4) is 0 Å². The molecule has 0 radical (unpaired) electrons. The summed E-state index contributed by atoms with van der Waals surface area (Å²) in [4.78, 5) is 0. The molecule has 1 unspecified atom stereocenters. The second-order valence-electron chi connectivity index (χ2n) is 3.77. The van der Waals surface area contributed by atoms with Crippen LogP contribution in [0.5, 0.6) is 0 Å². The Balaban J connectivity index is 1.66. The normalized spacial score (nSPS) is 19.6. The predicted molar refractivity (Wildman–Crippen MR) is 55.4 cm³/mol. The molecule has 1 aliphatic rings. The van der Waals surface area contributed by atoms with Crippen molar-refractivity contribution < 1.29 is 9.47 Å². The highest BCUT2D eigenvalue weighted by atomic mass is 16.6. The van der Waals surface area contributed by atoms with Gasteiger partial charge in [0.15, 0.2) is 0 Å². The molecule has 1 saturated heterocycles. The summed E-state index contributed by atoms with van der Waals surface area (Å²) in [5, 5.41) is 0. The Morgan fingerprint density at radius 1 is 1.36 bits per heavy atom. The van der Waals surface area contributed by atoms with Gasteiger partial charge in [0.05, 0.1) is 19.8 Å². The maximum Gasteiger partial charge on any atom is 0.104 e. The van der Waals surface area contributed by atoms with Crippen molar-refractivity contribution in [2.75, 3.05) is 19.8 Å². The zero-order valence-corrected chi connectivity index (χ0v) is 8.53. The largest absolute Gasteiger partial charge is 0.378 e. The summed E-state index contributed by atoms with van der Waals surface area (Å²) in [5.74, 6) is 0. The van der Waals surface area contributed by atoms with Gasteiger partial charge in [-0.05, 0) is 18.9 Å². The first-order valence-corrected chi connectivity index (χ1v) is 5.09. The maximum atomic E-state index is 5.47. The Hall–Kier alpha value is -0.860. The third-order valence-electron chi connectivity index (χ3n) is 2.36. The molecule has 1 aromatic rings. The van der Waals surface area contributed by atoms with Crippen LogP contribution in [-0.2, 0) is 15.9 Å². The van der Waals surface area contributed by atoms with E-state index in [0.29, 0.717) is 6.10 Å². The minimum Gasteiger partial charge on any atom is -0.378 e. The van der Waals surface area contributed by atoms with E-state index in [1.165, 1.54) is 11.1 Å². The van der Waals surface area contributed by atoms with Gasteiger partial charge in [0.25, 0.3) is 0 Å². The van der Waals surface area contributed by atoms with E-state index in [4.69, 9.17) is 9.47 Å². The first-order valence-electron chi connectivity index (χ1n) is 5.09. The van der Waals surface area contributed by atoms with Crippen LogP contribution in [0.25, 0.3) is 0 Å². The van der Waals surface area contributed by atoms with Crippen LogP contribution in [-0.4, -0.2) is 25.9 Å². The van der Waals surface area contributed by atoms with E-state index in [2.05, 4.69) is 31.2 Å². The van der Waals surface area contributed by atoms with Crippen molar-refractivity contribution >= 4 is 0 Å². The molecule has 1 fully saturated rings. The van der Waals surface area contributed by atoms with Crippen molar-refractivity contribution in [1.29, 1.82) is 0 Å². The molecule has 0 N–H and O–H groups in total. The van der Waals surface area contributed by atoms with Gasteiger partial charge in [0.1, 0.15) is 6.10 Å². The van der Waals surface area contributed by atoms with Gasteiger partial charge in [0, 0.05) is 0 Å². The van der Waals surface area contributed by atoms with E-state index in [0.717, 1.165) is 26.2 Å². The summed E-state index contributed by atoms with van der Waals surface area (Å²) in [5.41, 5.74) is 2.65. The maximum absolute atomic E-state index is 5.47. The van der Waals surface area contributed by atoms with E-state index in [1.807, 2.05) is 0 Å². The van der Waals surface area contributed by atoms with Gasteiger partial charge < -0.3 is 9.47 Å². The lowest BCUT2D eigenvalue weighted by atomic mass is 10.1. The van der Waals surface area contributed by atoms with Gasteiger partial charge in [-0.1, -0.05) is 29.8 Å². The van der Waals surface area contributed by atoms with Crippen molar-refractivity contribution in [2.45, 2.75) is 19.4 Å². The number of aryl methyl sites for hydroxylation is 1. The molecule has 0 amide bonds. The Morgan fingerprint density at radius 2 is 2.07 bits per heavy atom. The number of ether oxygens (including phenoxy) is 2. The topological polar surface area (TPSA) is 21.8 Å². The van der Waals surface area contributed by atoms with Crippen molar-refractivity contribution in [3.8, 4) is 0 Å². The minimum absolute atomic E-state index is 0.382. The third kappa shape index (κ3) is 3.13. The van der Waals surface area contributed by atoms with Crippen LogP contribution in [0.2, 0.25) is 0 Å². The lowest BCUT2D eigenvalue weighted by Crippen LogP contribution is -2.04. The van der Waals surface area contributed by atoms with E-state index >= 15 is 0 Å². The SMILES string of the molecule is Cc1ccc(CCOCC2CO2)cc1. The van der Waals surface area contributed by atoms with Crippen LogP contribution in [0.1, 0.15) is 11.1 Å². The molecule has 0 aromatic heterocycles. The number of hydrogen-bond acceptors (Lipinski definition) is 2. The fraction of sp³-hybridized carbons (Fsp3) is 0.500. The summed E-state index contributed by atoms with van der Waals surface area (Å²) in [6, 6.07) is 8.59. The van der Waals surface area contributed by atoms with Gasteiger partial charge in [-0.2, -0.15) is 0 Å². The molecule has 1 aromatic carbocycles. The molecule has 0 spiro atoms. The number of benzene rings is 1. The standard InChI is InChI=1S/C12H16O2/c1-10-2-4-11(5-3-10)6-7-13-8-12-9-14-12/h2-5,12H,6-9H2,1H3. The Labute approximate surface area is 84.8 Å². The number of hydrogen-bond donors (Lipinski definition) is 0. The monoisotopic (exact) mass is 192 g/mol. The highest BCUT2D eigenvalue weighted by Crippen LogP contribution is 2.09. The van der Waals surface area contributed by atoms with Crippen LogP contribution < -0.4 is 0 Å². The average Bonchev–Trinajstić information content (AvgIpc) is 2.99. The Morgan fingerprint density at radius 3 is 2.71 bits per heavy atom. The molecule has 1 atom stereocenters. The van der Waals surface area contributed by atoms with Crippen LogP contribution >= 0.6 is 0 Å². The quantitative estimate of drug-likeness (QED) is 0.525. The van der Waals surface area contributed by atoms with E-state index in [-0.39, 0.29) is 0 Å². The van der Waals surface area contributed by atoms with Crippen molar-refractivity contribution in [3.05, 3.63) is 35.4 Å². The van der Waals surface area contributed by atoms with Gasteiger partial charge in [-0.3, -0.25) is 0 Å². The second-order valence-corrected chi connectivity index (χ2v) is 3.77. The molecule has 2 nitrogen and oxygen atoms in total. The molecule has 76 valence electrons. The fourth-order valence-electron chi connectivity index (χ4n) is 1.32. The number of rotatable bonds is 5. The highest BCUT2D eigenvalue weighted by molar-refractivity contribution is 5.21. The molecular formula is C12H16O2. The number of epoxide rings is 1. The molecule has 2 rings (SSSR count). The molecule has 14 heavy (non-hydrogen) atoms. The molecule has 1 heterocycles. The van der Waals surface area contributed by atoms with E-state index < -0.39 is 0 Å². The summed E-state index contributed by atoms with van der Waals surface area (Å²) in [6.45, 7) is 4.53. The van der Waals surface area contributed by atoms with Gasteiger partial charge >= 0.3 is 0 Å². The molecule has 0 bridgehead atoms. The molecule has 2 heteroatoms. The van der Waals surface area contributed by atoms with Gasteiger partial charge in [0.2, 0.25) is 0 Å². The smallest absolute Gasteiger partial charge is 0.104 e. The first-order chi connectivity index (χ1) is 6.84. The molecule has 0 aliphatic carbocycles. The summed E-state index contributed by atoms with van der Waals surface area (Å²) < 4.78 is 10.5. The van der Waals surface area contributed by atoms with Gasteiger partial charge in [-0.25, -0.2) is 0 Å². The Bertz CT molecular complexity index is 275. The average molecular weight is 192 g/mol. The molecule has 0 saturated carbocycles. The summed E-state index contributed by atoms with van der Waals surface area (Å²) >= 11 is 0. The third-order valence-corrected chi connectivity index (χ3v) is 2.36. The predicted octanol–water partition coefficient (Wildman–Crippen LogP) is 1.95. The van der Waals surface area contributed by atoms with E-state index in [9.17, 15) is 0 Å². The zero-order chi connectivity index (χ0) is 9.80. The first kappa shape index (κ1) is 9.69. The highest BCUT2D eigenvalue weighted by Gasteiger charge is 2.21. The van der Waals surface area contributed by atoms with Crippen molar-refractivity contribution in [1.82, 2.24) is 0 Å². The second kappa shape index (κ2) is 4.58. The van der Waals surface area contributed by atoms with Crippen LogP contribution in [0.15, 0.2) is 24.3 Å². The van der Waals surface area contributed by atoms with Crippen LogP contribution in [0, 0.1) is 6.92 Å². The summed E-state index contributed by atoms with van der Waals surface area (Å²) in [7, 11) is 0. The van der Waals surface area contributed by atoms with Crippen molar-refractivity contribution in [3.63, 3.8) is 0 Å². The molecular weight excluding hydrogens is 176 g/mol. The zero-order valence-electron chi connectivity index (χ0n) is 8.53. The van der Waals surface area contributed by atoms with Crippen LogP contribution in [0.4, 0.5) is 0 Å². The van der Waals surface area contributed by atoms with Crippen molar-refractivity contribution in [2.24, 2.45) is 0 Å².